The van der Waals surface area contributed by atoms with Gasteiger partial charge in [-0.05, 0) is 18.2 Å². The van der Waals surface area contributed by atoms with E-state index in [0.29, 0.717) is 16.3 Å². The minimum absolute atomic E-state index is 0.0497. The highest BCUT2D eigenvalue weighted by Gasteiger charge is 2.16. The van der Waals surface area contributed by atoms with Gasteiger partial charge in [-0.3, -0.25) is 4.21 Å². The molecular weight excluding hydrogens is 278 g/mol. The van der Waals surface area contributed by atoms with Crippen molar-refractivity contribution in [3.05, 3.63) is 53.7 Å². The van der Waals surface area contributed by atoms with E-state index >= 15 is 0 Å². The fraction of sp³-hybridized carbons (Fsp3) is 0.143. The third kappa shape index (κ3) is 3.03. The molecule has 0 amide bonds. The molecule has 1 heterocycles. The van der Waals surface area contributed by atoms with E-state index < -0.39 is 16.8 Å². The quantitative estimate of drug-likeness (QED) is 0.913. The van der Waals surface area contributed by atoms with Crippen molar-refractivity contribution >= 4 is 16.8 Å². The highest BCUT2D eigenvalue weighted by molar-refractivity contribution is 7.84. The maximum Gasteiger partial charge on any atom is 0.336 e. The van der Waals surface area contributed by atoms with Gasteiger partial charge in [0.1, 0.15) is 0 Å². The predicted octanol–water partition coefficient (Wildman–Crippen LogP) is 2.10. The van der Waals surface area contributed by atoms with Gasteiger partial charge in [0.15, 0.2) is 0 Å². The lowest BCUT2D eigenvalue weighted by atomic mass is 10.2. The van der Waals surface area contributed by atoms with E-state index in [4.69, 9.17) is 9.84 Å². The molecule has 6 heteroatoms. The first-order valence-corrected chi connectivity index (χ1v) is 7.14. The Bertz CT molecular complexity index is 657. The zero-order valence-electron chi connectivity index (χ0n) is 10.8. The van der Waals surface area contributed by atoms with Crippen LogP contribution in [0.3, 0.4) is 0 Å². The zero-order chi connectivity index (χ0) is 14.5. The molecule has 0 saturated carbocycles. The molecule has 2 rings (SSSR count). The van der Waals surface area contributed by atoms with Crippen LogP contribution in [-0.2, 0) is 16.6 Å². The molecule has 104 valence electrons. The van der Waals surface area contributed by atoms with Crippen molar-refractivity contribution in [1.82, 2.24) is 4.98 Å². The first-order chi connectivity index (χ1) is 9.63. The van der Waals surface area contributed by atoms with Gasteiger partial charge in [-0.15, -0.1) is 0 Å². The van der Waals surface area contributed by atoms with Gasteiger partial charge < -0.3 is 9.84 Å². The van der Waals surface area contributed by atoms with E-state index in [-0.39, 0.29) is 11.3 Å². The van der Waals surface area contributed by atoms with Crippen LogP contribution in [0.15, 0.2) is 47.5 Å². The van der Waals surface area contributed by atoms with E-state index in [0.717, 1.165) is 0 Å². The van der Waals surface area contributed by atoms with Crippen molar-refractivity contribution in [1.29, 1.82) is 0 Å². The number of methoxy groups -OCH3 is 1. The largest absolute Gasteiger partial charge is 0.481 e. The number of nitrogens with zero attached hydrogens (tertiary/aromatic N) is 1. The molecule has 2 aromatic rings. The van der Waals surface area contributed by atoms with Crippen molar-refractivity contribution in [3.63, 3.8) is 0 Å². The number of rotatable bonds is 5. The van der Waals surface area contributed by atoms with Crippen LogP contribution in [0.4, 0.5) is 0 Å². The first kappa shape index (κ1) is 14.2. The molecule has 1 aromatic heterocycles. The van der Waals surface area contributed by atoms with Crippen molar-refractivity contribution in [2.45, 2.75) is 10.6 Å². The molecule has 1 atom stereocenters. The summed E-state index contributed by atoms with van der Waals surface area (Å²) in [6.45, 7) is 0. The summed E-state index contributed by atoms with van der Waals surface area (Å²) in [4.78, 5) is 15.5. The number of carboxylic acids is 1. The second-order valence-corrected chi connectivity index (χ2v) is 5.38. The number of pyridine rings is 1. The molecule has 5 nitrogen and oxygen atoms in total. The van der Waals surface area contributed by atoms with Gasteiger partial charge in [0.25, 0.3) is 0 Å². The number of benzene rings is 1. The van der Waals surface area contributed by atoms with Crippen LogP contribution in [0.2, 0.25) is 0 Å². The second kappa shape index (κ2) is 6.29. The van der Waals surface area contributed by atoms with Gasteiger partial charge in [0.2, 0.25) is 5.88 Å². The number of aromatic carboxylic acids is 1. The van der Waals surface area contributed by atoms with E-state index in [1.807, 2.05) is 0 Å². The molecule has 0 saturated heterocycles. The van der Waals surface area contributed by atoms with Gasteiger partial charge in [-0.1, -0.05) is 18.2 Å². The number of hydrogen-bond donors (Lipinski definition) is 1. The molecule has 1 unspecified atom stereocenters. The topological polar surface area (TPSA) is 76.5 Å². The molecule has 0 fully saturated rings. The molecule has 0 aliphatic carbocycles. The normalized spacial score (nSPS) is 11.8. The number of carbonyl (C=O) groups is 1. The molecule has 20 heavy (non-hydrogen) atoms. The van der Waals surface area contributed by atoms with Gasteiger partial charge in [0.05, 0.1) is 34.1 Å². The highest BCUT2D eigenvalue weighted by atomic mass is 32.2. The van der Waals surface area contributed by atoms with Gasteiger partial charge in [-0.2, -0.15) is 0 Å². The lowest BCUT2D eigenvalue weighted by Crippen LogP contribution is -2.06. The molecule has 0 aliphatic rings. The maximum atomic E-state index is 12.4. The standard InChI is InChI=1S/C14H13NO4S/c1-19-13-10(5-4-8-15-13)9-20(18)12-7-3-2-6-11(12)14(16)17/h2-8H,9H2,1H3,(H,16,17). The molecule has 1 N–H and O–H groups in total. The fourth-order valence-corrected chi connectivity index (χ4v) is 3.07. The molecule has 0 bridgehead atoms. The summed E-state index contributed by atoms with van der Waals surface area (Å²) in [5.74, 6) is -0.540. The molecule has 0 spiro atoms. The van der Waals surface area contributed by atoms with E-state index in [2.05, 4.69) is 4.98 Å². The van der Waals surface area contributed by atoms with Gasteiger partial charge in [-0.25, -0.2) is 9.78 Å². The van der Waals surface area contributed by atoms with Crippen LogP contribution in [0.25, 0.3) is 0 Å². The summed E-state index contributed by atoms with van der Waals surface area (Å²) in [6, 6.07) is 9.75. The lowest BCUT2D eigenvalue weighted by Gasteiger charge is -2.08. The van der Waals surface area contributed by atoms with Gasteiger partial charge in [0, 0.05) is 11.8 Å². The number of aromatic nitrogens is 1. The Kier molecular flexibility index (Phi) is 4.47. The van der Waals surface area contributed by atoms with Crippen LogP contribution in [0.5, 0.6) is 5.88 Å². The van der Waals surface area contributed by atoms with E-state index in [9.17, 15) is 9.00 Å². The lowest BCUT2D eigenvalue weighted by molar-refractivity contribution is 0.0693. The summed E-state index contributed by atoms with van der Waals surface area (Å²) in [7, 11) is 0.00683. The number of carboxylic acid groups (broad SMARTS) is 1. The molecule has 1 aromatic carbocycles. The van der Waals surface area contributed by atoms with Crippen molar-refractivity contribution in [2.24, 2.45) is 0 Å². The van der Waals surface area contributed by atoms with Crippen molar-refractivity contribution in [2.75, 3.05) is 7.11 Å². The monoisotopic (exact) mass is 291 g/mol. The smallest absolute Gasteiger partial charge is 0.336 e. The van der Waals surface area contributed by atoms with Crippen LogP contribution < -0.4 is 4.74 Å². The third-order valence-corrected chi connectivity index (χ3v) is 4.11. The average molecular weight is 291 g/mol. The van der Waals surface area contributed by atoms with Crippen LogP contribution in [0, 0.1) is 0 Å². The molecule has 0 radical (unpaired) electrons. The Hall–Kier alpha value is -2.21. The highest BCUT2D eigenvalue weighted by Crippen LogP contribution is 2.21. The molecule has 0 aliphatic heterocycles. The average Bonchev–Trinajstić information content (AvgIpc) is 2.47. The fourth-order valence-electron chi connectivity index (χ4n) is 1.78. The Morgan fingerprint density at radius 3 is 2.75 bits per heavy atom. The van der Waals surface area contributed by atoms with Crippen molar-refractivity contribution < 1.29 is 18.8 Å². The minimum Gasteiger partial charge on any atom is -0.481 e. The Morgan fingerprint density at radius 2 is 2.05 bits per heavy atom. The number of ether oxygens (including phenoxy) is 1. The Morgan fingerprint density at radius 1 is 1.30 bits per heavy atom. The van der Waals surface area contributed by atoms with Crippen molar-refractivity contribution in [3.8, 4) is 5.88 Å². The molecular formula is C14H13NO4S. The summed E-state index contributed by atoms with van der Waals surface area (Å²) >= 11 is 0. The van der Waals surface area contributed by atoms with E-state index in [1.165, 1.54) is 13.2 Å². The Balaban J connectivity index is 2.31. The van der Waals surface area contributed by atoms with E-state index in [1.54, 1.807) is 36.5 Å². The summed E-state index contributed by atoms with van der Waals surface area (Å²) in [5.41, 5.74) is 0.724. The maximum absolute atomic E-state index is 12.4. The summed E-state index contributed by atoms with van der Waals surface area (Å²) < 4.78 is 17.5. The first-order valence-electron chi connectivity index (χ1n) is 5.82. The predicted molar refractivity (Wildman–Crippen MR) is 74.3 cm³/mol. The second-order valence-electron chi connectivity index (χ2n) is 3.96. The van der Waals surface area contributed by atoms with Gasteiger partial charge >= 0.3 is 5.97 Å². The SMILES string of the molecule is COc1ncccc1CS(=O)c1ccccc1C(=O)O. The van der Waals surface area contributed by atoms with Crippen LogP contribution in [-0.4, -0.2) is 27.4 Å². The zero-order valence-corrected chi connectivity index (χ0v) is 11.6. The Labute approximate surface area is 118 Å². The number of hydrogen-bond acceptors (Lipinski definition) is 4. The minimum atomic E-state index is -1.48. The summed E-state index contributed by atoms with van der Waals surface area (Å²) in [5, 5.41) is 9.11. The van der Waals surface area contributed by atoms with Crippen LogP contribution in [0.1, 0.15) is 15.9 Å². The summed E-state index contributed by atoms with van der Waals surface area (Å²) in [6.07, 6.45) is 1.58. The van der Waals surface area contributed by atoms with Crippen LogP contribution >= 0.6 is 0 Å². The third-order valence-electron chi connectivity index (χ3n) is 2.69.